The Balaban J connectivity index is 1.75. The third-order valence-corrected chi connectivity index (χ3v) is 4.52. The van der Waals surface area contributed by atoms with Gasteiger partial charge in [0.1, 0.15) is 0 Å². The van der Waals surface area contributed by atoms with Crippen molar-refractivity contribution in [1.82, 2.24) is 4.90 Å². The topological polar surface area (TPSA) is 15.3 Å². The van der Waals surface area contributed by atoms with E-state index in [-0.39, 0.29) is 0 Å². The van der Waals surface area contributed by atoms with E-state index in [1.807, 2.05) is 0 Å². The zero-order valence-corrected chi connectivity index (χ0v) is 13.3. The second-order valence-electron chi connectivity index (χ2n) is 5.84. The van der Waals surface area contributed by atoms with Gasteiger partial charge >= 0.3 is 0 Å². The van der Waals surface area contributed by atoms with Crippen LogP contribution < -0.4 is 5.32 Å². The SMILES string of the molecule is CN1CCCCC1CCNc1cccc(CCCCl)c1. The highest BCUT2D eigenvalue weighted by molar-refractivity contribution is 6.17. The minimum atomic E-state index is 0.742. The van der Waals surface area contributed by atoms with E-state index in [9.17, 15) is 0 Å². The van der Waals surface area contributed by atoms with E-state index >= 15 is 0 Å². The Morgan fingerprint density at radius 2 is 2.25 bits per heavy atom. The van der Waals surface area contributed by atoms with E-state index in [0.29, 0.717) is 0 Å². The lowest BCUT2D eigenvalue weighted by Crippen LogP contribution is -2.37. The molecule has 2 nitrogen and oxygen atoms in total. The maximum Gasteiger partial charge on any atom is 0.0342 e. The van der Waals surface area contributed by atoms with Gasteiger partial charge in [0.25, 0.3) is 0 Å². The summed E-state index contributed by atoms with van der Waals surface area (Å²) in [5.74, 6) is 0.742. The number of likely N-dealkylation sites (tertiary alicyclic amines) is 1. The molecule has 3 heteroatoms. The van der Waals surface area contributed by atoms with Crippen molar-refractivity contribution in [3.8, 4) is 0 Å². The van der Waals surface area contributed by atoms with Crippen molar-refractivity contribution in [2.75, 3.05) is 31.3 Å². The average molecular weight is 295 g/mol. The number of rotatable bonds is 7. The van der Waals surface area contributed by atoms with Gasteiger partial charge in [0, 0.05) is 24.2 Å². The van der Waals surface area contributed by atoms with Gasteiger partial charge in [0.15, 0.2) is 0 Å². The van der Waals surface area contributed by atoms with Crippen molar-refractivity contribution in [3.63, 3.8) is 0 Å². The Kier molecular flexibility index (Phi) is 6.68. The molecule has 2 rings (SSSR count). The summed E-state index contributed by atoms with van der Waals surface area (Å²) in [6, 6.07) is 9.51. The largest absolute Gasteiger partial charge is 0.385 e. The highest BCUT2D eigenvalue weighted by Crippen LogP contribution is 2.18. The van der Waals surface area contributed by atoms with E-state index in [4.69, 9.17) is 11.6 Å². The Bertz CT molecular complexity index is 394. The monoisotopic (exact) mass is 294 g/mol. The van der Waals surface area contributed by atoms with Crippen molar-refractivity contribution >= 4 is 17.3 Å². The molecule has 1 heterocycles. The first kappa shape index (κ1) is 15.7. The van der Waals surface area contributed by atoms with Crippen LogP contribution >= 0.6 is 11.6 Å². The van der Waals surface area contributed by atoms with Crippen LogP contribution in [0.4, 0.5) is 5.69 Å². The van der Waals surface area contributed by atoms with Gasteiger partial charge in [-0.25, -0.2) is 0 Å². The zero-order valence-electron chi connectivity index (χ0n) is 12.6. The van der Waals surface area contributed by atoms with Crippen molar-refractivity contribution in [3.05, 3.63) is 29.8 Å². The molecule has 1 N–H and O–H groups in total. The molecule has 1 saturated heterocycles. The highest BCUT2D eigenvalue weighted by atomic mass is 35.5. The second kappa shape index (κ2) is 8.53. The number of nitrogens with one attached hydrogen (secondary N) is 1. The standard InChI is InChI=1S/C17H27ClN2/c1-20-13-3-2-9-17(20)10-12-19-16-8-4-6-15(14-16)7-5-11-18/h4,6,8,14,17,19H,2-3,5,7,9-13H2,1H3. The van der Waals surface area contributed by atoms with Crippen LogP contribution in [0.3, 0.4) is 0 Å². The highest BCUT2D eigenvalue weighted by Gasteiger charge is 2.17. The second-order valence-corrected chi connectivity index (χ2v) is 6.22. The maximum atomic E-state index is 5.75. The number of halogens is 1. The van der Waals surface area contributed by atoms with Crippen molar-refractivity contribution in [2.24, 2.45) is 0 Å². The fraction of sp³-hybridized carbons (Fsp3) is 0.647. The van der Waals surface area contributed by atoms with E-state index in [0.717, 1.165) is 31.3 Å². The number of nitrogens with zero attached hydrogens (tertiary/aromatic N) is 1. The van der Waals surface area contributed by atoms with Crippen LogP contribution in [0.5, 0.6) is 0 Å². The molecule has 1 unspecified atom stereocenters. The van der Waals surface area contributed by atoms with Gasteiger partial charge in [-0.05, 0) is 63.4 Å². The van der Waals surface area contributed by atoms with E-state index in [1.165, 1.54) is 43.5 Å². The van der Waals surface area contributed by atoms with Gasteiger partial charge in [-0.15, -0.1) is 11.6 Å². The number of hydrogen-bond acceptors (Lipinski definition) is 2. The minimum Gasteiger partial charge on any atom is -0.385 e. The predicted molar refractivity (Wildman–Crippen MR) is 88.9 cm³/mol. The number of piperidine rings is 1. The Hall–Kier alpha value is -0.730. The molecule has 0 aromatic heterocycles. The molecule has 0 aliphatic carbocycles. The first-order valence-electron chi connectivity index (χ1n) is 7.88. The van der Waals surface area contributed by atoms with Crippen LogP contribution in [0.25, 0.3) is 0 Å². The minimum absolute atomic E-state index is 0.742. The fourth-order valence-electron chi connectivity index (χ4n) is 3.00. The van der Waals surface area contributed by atoms with Gasteiger partial charge in [0.2, 0.25) is 0 Å². The fourth-order valence-corrected chi connectivity index (χ4v) is 3.13. The molecule has 0 spiro atoms. The maximum absolute atomic E-state index is 5.75. The number of benzene rings is 1. The molecule has 1 fully saturated rings. The summed E-state index contributed by atoms with van der Waals surface area (Å²) in [5.41, 5.74) is 2.63. The molecule has 1 aromatic carbocycles. The molecule has 1 atom stereocenters. The molecular weight excluding hydrogens is 268 g/mol. The first-order chi connectivity index (χ1) is 9.79. The summed E-state index contributed by atoms with van der Waals surface area (Å²) in [5, 5.41) is 3.57. The van der Waals surface area contributed by atoms with Gasteiger partial charge in [0.05, 0.1) is 0 Å². The molecule has 0 bridgehead atoms. The van der Waals surface area contributed by atoms with Crippen LogP contribution in [-0.2, 0) is 6.42 Å². The molecule has 1 aliphatic heterocycles. The lowest BCUT2D eigenvalue weighted by Gasteiger charge is -2.32. The summed E-state index contributed by atoms with van der Waals surface area (Å²) >= 11 is 5.75. The van der Waals surface area contributed by atoms with Crippen LogP contribution in [0, 0.1) is 0 Å². The smallest absolute Gasteiger partial charge is 0.0342 e. The summed E-state index contributed by atoms with van der Waals surface area (Å²) in [6.45, 7) is 2.33. The van der Waals surface area contributed by atoms with Crippen molar-refractivity contribution < 1.29 is 0 Å². The van der Waals surface area contributed by atoms with Crippen LogP contribution in [0.1, 0.15) is 37.7 Å². The van der Waals surface area contributed by atoms with Gasteiger partial charge < -0.3 is 10.2 Å². The summed E-state index contributed by atoms with van der Waals surface area (Å²) < 4.78 is 0. The Morgan fingerprint density at radius 3 is 3.05 bits per heavy atom. The van der Waals surface area contributed by atoms with E-state index in [1.54, 1.807) is 0 Å². The molecule has 0 radical (unpaired) electrons. The number of anilines is 1. The average Bonchev–Trinajstić information content (AvgIpc) is 2.48. The van der Waals surface area contributed by atoms with Crippen LogP contribution in [0.2, 0.25) is 0 Å². The van der Waals surface area contributed by atoms with E-state index in [2.05, 4.69) is 41.5 Å². The van der Waals surface area contributed by atoms with Gasteiger partial charge in [-0.1, -0.05) is 18.6 Å². The third kappa shape index (κ3) is 4.99. The Labute approximate surface area is 128 Å². The van der Waals surface area contributed by atoms with Gasteiger partial charge in [-0.2, -0.15) is 0 Å². The molecule has 0 amide bonds. The predicted octanol–water partition coefficient (Wildman–Crippen LogP) is 4.14. The molecule has 1 aliphatic rings. The van der Waals surface area contributed by atoms with E-state index < -0.39 is 0 Å². The molecular formula is C17H27ClN2. The first-order valence-corrected chi connectivity index (χ1v) is 8.42. The zero-order chi connectivity index (χ0) is 14.2. The van der Waals surface area contributed by atoms with Gasteiger partial charge in [-0.3, -0.25) is 0 Å². The molecule has 20 heavy (non-hydrogen) atoms. The van der Waals surface area contributed by atoms with Crippen LogP contribution in [-0.4, -0.2) is 37.0 Å². The summed E-state index contributed by atoms with van der Waals surface area (Å²) in [7, 11) is 2.26. The number of alkyl halides is 1. The Morgan fingerprint density at radius 1 is 1.35 bits per heavy atom. The number of hydrogen-bond donors (Lipinski definition) is 1. The quantitative estimate of drug-likeness (QED) is 0.760. The molecule has 0 saturated carbocycles. The molecule has 112 valence electrons. The third-order valence-electron chi connectivity index (χ3n) is 4.25. The molecule has 1 aromatic rings. The summed E-state index contributed by atoms with van der Waals surface area (Å²) in [4.78, 5) is 2.52. The number of aryl methyl sites for hydroxylation is 1. The van der Waals surface area contributed by atoms with Crippen molar-refractivity contribution in [1.29, 1.82) is 0 Å². The van der Waals surface area contributed by atoms with Crippen molar-refractivity contribution in [2.45, 2.75) is 44.6 Å². The normalized spacial score (nSPS) is 20.0. The summed E-state index contributed by atoms with van der Waals surface area (Å²) in [6.07, 6.45) is 7.48. The van der Waals surface area contributed by atoms with Crippen LogP contribution in [0.15, 0.2) is 24.3 Å². The lowest BCUT2D eigenvalue weighted by molar-refractivity contribution is 0.179. The lowest BCUT2D eigenvalue weighted by atomic mass is 10.00.